The highest BCUT2D eigenvalue weighted by Gasteiger charge is 2.18. The van der Waals surface area contributed by atoms with Crippen molar-refractivity contribution in [2.45, 2.75) is 25.8 Å². The number of likely N-dealkylation sites (tertiary alicyclic amines) is 1. The molecule has 0 N–H and O–H groups in total. The van der Waals surface area contributed by atoms with Gasteiger partial charge in [0.15, 0.2) is 0 Å². The van der Waals surface area contributed by atoms with Crippen molar-refractivity contribution >= 4 is 5.91 Å². The average Bonchev–Trinajstić information content (AvgIpc) is 3.28. The second-order valence-corrected chi connectivity index (χ2v) is 7.11. The Morgan fingerprint density at radius 3 is 2.57 bits per heavy atom. The molecule has 5 heteroatoms. The number of benzene rings is 2. The predicted molar refractivity (Wildman–Crippen MR) is 109 cm³/mol. The first-order valence-corrected chi connectivity index (χ1v) is 9.88. The second kappa shape index (κ2) is 8.74. The summed E-state index contributed by atoms with van der Waals surface area (Å²) in [4.78, 5) is 18.8. The van der Waals surface area contributed by atoms with Crippen molar-refractivity contribution in [2.75, 3.05) is 19.7 Å². The van der Waals surface area contributed by atoms with Crippen LogP contribution in [0.4, 0.5) is 0 Å². The van der Waals surface area contributed by atoms with E-state index in [4.69, 9.17) is 4.74 Å². The lowest BCUT2D eigenvalue weighted by Crippen LogP contribution is -2.35. The first-order chi connectivity index (χ1) is 13.8. The minimum atomic E-state index is 0.134. The van der Waals surface area contributed by atoms with E-state index in [-0.39, 0.29) is 5.91 Å². The number of rotatable bonds is 6. The van der Waals surface area contributed by atoms with Crippen molar-refractivity contribution in [1.82, 2.24) is 14.5 Å². The van der Waals surface area contributed by atoms with Crippen LogP contribution in [0.15, 0.2) is 67.3 Å². The van der Waals surface area contributed by atoms with E-state index >= 15 is 0 Å². The number of carbonyl (C=O) groups is 1. The Bertz CT molecular complexity index is 915. The molecule has 0 radical (unpaired) electrons. The molecule has 144 valence electrons. The van der Waals surface area contributed by atoms with E-state index in [1.807, 2.05) is 64.2 Å². The molecule has 0 aliphatic carbocycles. The van der Waals surface area contributed by atoms with Crippen LogP contribution in [0.1, 0.15) is 29.6 Å². The molecular formula is C23H25N3O2. The number of hydrogen-bond donors (Lipinski definition) is 0. The van der Waals surface area contributed by atoms with Crippen LogP contribution in [0.3, 0.4) is 0 Å². The Morgan fingerprint density at radius 2 is 1.79 bits per heavy atom. The number of nitrogens with zero attached hydrogens (tertiary/aromatic N) is 3. The molecule has 4 rings (SSSR count). The maximum atomic E-state index is 12.8. The fourth-order valence-corrected chi connectivity index (χ4v) is 3.56. The predicted octanol–water partition coefficient (Wildman–Crippen LogP) is 4.26. The topological polar surface area (TPSA) is 47.4 Å². The molecule has 1 fully saturated rings. The molecule has 0 bridgehead atoms. The molecule has 1 aromatic heterocycles. The molecule has 1 aliphatic rings. The summed E-state index contributed by atoms with van der Waals surface area (Å²) in [5.41, 5.74) is 2.84. The smallest absolute Gasteiger partial charge is 0.253 e. The molecule has 1 saturated heterocycles. The van der Waals surface area contributed by atoms with Gasteiger partial charge in [-0.25, -0.2) is 4.98 Å². The molecule has 5 nitrogen and oxygen atoms in total. The monoisotopic (exact) mass is 375 g/mol. The van der Waals surface area contributed by atoms with Gasteiger partial charge in [0.05, 0.1) is 12.9 Å². The summed E-state index contributed by atoms with van der Waals surface area (Å²) in [5, 5.41) is 0. The SMILES string of the molecule is O=C(c1cccc(-c2cccc(OCCn3ccnc3)c2)c1)N1CCCCC1. The van der Waals surface area contributed by atoms with E-state index in [9.17, 15) is 4.79 Å². The van der Waals surface area contributed by atoms with E-state index in [1.54, 1.807) is 12.5 Å². The third kappa shape index (κ3) is 4.42. The molecule has 28 heavy (non-hydrogen) atoms. The van der Waals surface area contributed by atoms with Crippen LogP contribution in [-0.2, 0) is 6.54 Å². The van der Waals surface area contributed by atoms with Gasteiger partial charge in [0.25, 0.3) is 5.91 Å². The second-order valence-electron chi connectivity index (χ2n) is 7.11. The van der Waals surface area contributed by atoms with Gasteiger partial charge in [0.1, 0.15) is 12.4 Å². The molecule has 2 heterocycles. The Balaban J connectivity index is 1.45. The van der Waals surface area contributed by atoms with E-state index < -0.39 is 0 Å². The third-order valence-electron chi connectivity index (χ3n) is 5.10. The highest BCUT2D eigenvalue weighted by molar-refractivity contribution is 5.95. The molecule has 1 aliphatic heterocycles. The van der Waals surface area contributed by atoms with Crippen LogP contribution in [0, 0.1) is 0 Å². The van der Waals surface area contributed by atoms with E-state index in [0.29, 0.717) is 6.61 Å². The molecule has 0 unspecified atom stereocenters. The van der Waals surface area contributed by atoms with E-state index in [2.05, 4.69) is 4.98 Å². The van der Waals surface area contributed by atoms with Crippen molar-refractivity contribution in [2.24, 2.45) is 0 Å². The lowest BCUT2D eigenvalue weighted by Gasteiger charge is -2.26. The van der Waals surface area contributed by atoms with Gasteiger partial charge in [-0.15, -0.1) is 0 Å². The van der Waals surface area contributed by atoms with Crippen LogP contribution in [-0.4, -0.2) is 40.1 Å². The van der Waals surface area contributed by atoms with Gasteiger partial charge >= 0.3 is 0 Å². The lowest BCUT2D eigenvalue weighted by molar-refractivity contribution is 0.0724. The van der Waals surface area contributed by atoms with Crippen LogP contribution < -0.4 is 4.74 Å². The van der Waals surface area contributed by atoms with Gasteiger partial charge in [0, 0.05) is 31.0 Å². The zero-order valence-electron chi connectivity index (χ0n) is 16.0. The highest BCUT2D eigenvalue weighted by atomic mass is 16.5. The zero-order valence-corrected chi connectivity index (χ0v) is 16.0. The quantitative estimate of drug-likeness (QED) is 0.647. The van der Waals surface area contributed by atoms with Crippen LogP contribution in [0.5, 0.6) is 5.75 Å². The maximum Gasteiger partial charge on any atom is 0.253 e. The largest absolute Gasteiger partial charge is 0.492 e. The summed E-state index contributed by atoms with van der Waals surface area (Å²) >= 11 is 0. The van der Waals surface area contributed by atoms with Crippen LogP contribution in [0.25, 0.3) is 11.1 Å². The standard InChI is InChI=1S/C23H25N3O2/c27-23(26-11-2-1-3-12-26)21-8-4-6-19(16-21)20-7-5-9-22(17-20)28-15-14-25-13-10-24-18-25/h4-10,13,16-18H,1-3,11-12,14-15H2. The molecule has 3 aromatic rings. The molecular weight excluding hydrogens is 350 g/mol. The Hall–Kier alpha value is -3.08. The summed E-state index contributed by atoms with van der Waals surface area (Å²) in [6.07, 6.45) is 8.89. The van der Waals surface area contributed by atoms with Crippen molar-refractivity contribution < 1.29 is 9.53 Å². The van der Waals surface area contributed by atoms with Gasteiger partial charge in [-0.1, -0.05) is 24.3 Å². The molecule has 1 amide bonds. The van der Waals surface area contributed by atoms with Crippen molar-refractivity contribution in [3.63, 3.8) is 0 Å². The summed E-state index contributed by atoms with van der Waals surface area (Å²) in [5.74, 6) is 0.958. The number of imidazole rings is 1. The third-order valence-corrected chi connectivity index (χ3v) is 5.10. The zero-order chi connectivity index (χ0) is 19.2. The average molecular weight is 375 g/mol. The van der Waals surface area contributed by atoms with Gasteiger partial charge in [0.2, 0.25) is 0 Å². The summed E-state index contributed by atoms with van der Waals surface area (Å²) in [6.45, 7) is 3.06. The van der Waals surface area contributed by atoms with Crippen LogP contribution >= 0.6 is 0 Å². The minimum absolute atomic E-state index is 0.134. The van der Waals surface area contributed by atoms with E-state index in [0.717, 1.165) is 54.9 Å². The number of carbonyl (C=O) groups excluding carboxylic acids is 1. The molecule has 0 saturated carbocycles. The fraction of sp³-hybridized carbons (Fsp3) is 0.304. The first kappa shape index (κ1) is 18.3. The Labute approximate surface area is 165 Å². The van der Waals surface area contributed by atoms with Gasteiger partial charge in [-0.05, 0) is 54.7 Å². The maximum absolute atomic E-state index is 12.8. The molecule has 2 aromatic carbocycles. The van der Waals surface area contributed by atoms with Gasteiger partial charge in [-0.3, -0.25) is 4.79 Å². The van der Waals surface area contributed by atoms with Crippen molar-refractivity contribution in [3.05, 3.63) is 72.8 Å². The normalized spacial score (nSPS) is 14.1. The Morgan fingerprint density at radius 1 is 1.00 bits per heavy atom. The number of hydrogen-bond acceptors (Lipinski definition) is 3. The Kier molecular flexibility index (Phi) is 5.71. The van der Waals surface area contributed by atoms with E-state index in [1.165, 1.54) is 6.42 Å². The molecule has 0 spiro atoms. The number of piperidine rings is 1. The highest BCUT2D eigenvalue weighted by Crippen LogP contribution is 2.25. The summed E-state index contributed by atoms with van der Waals surface area (Å²) < 4.78 is 7.88. The van der Waals surface area contributed by atoms with Crippen molar-refractivity contribution in [1.29, 1.82) is 0 Å². The van der Waals surface area contributed by atoms with Gasteiger partial charge < -0.3 is 14.2 Å². The van der Waals surface area contributed by atoms with Gasteiger partial charge in [-0.2, -0.15) is 0 Å². The number of aromatic nitrogens is 2. The minimum Gasteiger partial charge on any atom is -0.492 e. The summed E-state index contributed by atoms with van der Waals surface area (Å²) in [7, 11) is 0. The summed E-state index contributed by atoms with van der Waals surface area (Å²) in [6, 6.07) is 15.9. The number of amides is 1. The first-order valence-electron chi connectivity index (χ1n) is 9.88. The van der Waals surface area contributed by atoms with Crippen molar-refractivity contribution in [3.8, 4) is 16.9 Å². The fourth-order valence-electron chi connectivity index (χ4n) is 3.56. The molecule has 0 atom stereocenters. The van der Waals surface area contributed by atoms with Crippen LogP contribution in [0.2, 0.25) is 0 Å². The lowest BCUT2D eigenvalue weighted by atomic mass is 10.0. The number of ether oxygens (including phenoxy) is 1.